The first-order valence-corrected chi connectivity index (χ1v) is 12.3. The summed E-state index contributed by atoms with van der Waals surface area (Å²) in [5.41, 5.74) is 1.08. The summed E-state index contributed by atoms with van der Waals surface area (Å²) in [4.78, 5) is 32.1. The van der Waals surface area contributed by atoms with Crippen molar-refractivity contribution in [3.8, 4) is 17.2 Å². The molecule has 1 amide bonds. The standard InChI is InChI=1S/C28H31N3O6/c1-4-36-21-10-7-19(8-11-21)26(32)24-25(20-9-12-22(37-5-2)23(17-20)35-3)31(28(34)27(24)33)15-6-14-30-16-13-29-18-30/h7-13,16-18,25,32H,4-6,14-15H2,1-3H3/t25-/m1/s1. The van der Waals surface area contributed by atoms with E-state index in [1.807, 2.05) is 24.6 Å². The number of aromatic nitrogens is 2. The van der Waals surface area contributed by atoms with Crippen molar-refractivity contribution in [1.82, 2.24) is 14.5 Å². The number of ketones is 1. The minimum absolute atomic E-state index is 0.0306. The van der Waals surface area contributed by atoms with Crippen molar-refractivity contribution in [3.63, 3.8) is 0 Å². The minimum Gasteiger partial charge on any atom is -0.507 e. The predicted octanol–water partition coefficient (Wildman–Crippen LogP) is 4.20. The van der Waals surface area contributed by atoms with Crippen LogP contribution in [0.1, 0.15) is 37.4 Å². The highest BCUT2D eigenvalue weighted by Crippen LogP contribution is 2.42. The average Bonchev–Trinajstić information content (AvgIpc) is 3.52. The van der Waals surface area contributed by atoms with Gasteiger partial charge in [-0.1, -0.05) is 6.07 Å². The number of hydrogen-bond donors (Lipinski definition) is 1. The summed E-state index contributed by atoms with van der Waals surface area (Å²) in [7, 11) is 1.53. The Kier molecular flexibility index (Phi) is 8.12. The molecule has 1 N–H and O–H groups in total. The first kappa shape index (κ1) is 25.8. The molecule has 2 aromatic carbocycles. The predicted molar refractivity (Wildman–Crippen MR) is 138 cm³/mol. The summed E-state index contributed by atoms with van der Waals surface area (Å²) in [6.07, 6.45) is 5.83. The van der Waals surface area contributed by atoms with Crippen LogP contribution in [0.15, 0.2) is 66.8 Å². The molecule has 0 spiro atoms. The van der Waals surface area contributed by atoms with Gasteiger partial charge in [0.05, 0.1) is 38.3 Å². The molecule has 2 heterocycles. The molecule has 1 aliphatic heterocycles. The molecule has 194 valence electrons. The van der Waals surface area contributed by atoms with E-state index in [0.717, 1.165) is 0 Å². The summed E-state index contributed by atoms with van der Waals surface area (Å²) < 4.78 is 18.6. The maximum atomic E-state index is 13.3. The zero-order valence-corrected chi connectivity index (χ0v) is 21.2. The number of ether oxygens (including phenoxy) is 3. The second kappa shape index (κ2) is 11.6. The van der Waals surface area contributed by atoms with Gasteiger partial charge < -0.3 is 28.8 Å². The quantitative estimate of drug-likeness (QED) is 0.237. The molecule has 1 fully saturated rings. The fourth-order valence-electron chi connectivity index (χ4n) is 4.46. The fraction of sp³-hybridized carbons (Fsp3) is 0.321. The molecule has 4 rings (SSSR count). The number of aliphatic hydroxyl groups is 1. The number of nitrogens with zero attached hydrogens (tertiary/aromatic N) is 3. The van der Waals surface area contributed by atoms with E-state index in [-0.39, 0.29) is 11.3 Å². The third kappa shape index (κ3) is 5.45. The van der Waals surface area contributed by atoms with E-state index in [1.54, 1.807) is 55.0 Å². The summed E-state index contributed by atoms with van der Waals surface area (Å²) in [6.45, 7) is 5.66. The molecule has 1 atom stereocenters. The van der Waals surface area contributed by atoms with Crippen LogP contribution in [0.3, 0.4) is 0 Å². The van der Waals surface area contributed by atoms with Crippen LogP contribution in [0, 0.1) is 0 Å². The number of benzene rings is 2. The number of amides is 1. The van der Waals surface area contributed by atoms with Crippen molar-refractivity contribution in [1.29, 1.82) is 0 Å². The number of methoxy groups -OCH3 is 1. The number of aryl methyl sites for hydroxylation is 1. The fourth-order valence-corrected chi connectivity index (χ4v) is 4.46. The lowest BCUT2D eigenvalue weighted by Crippen LogP contribution is -2.31. The minimum atomic E-state index is -0.793. The molecule has 0 bridgehead atoms. The van der Waals surface area contributed by atoms with E-state index >= 15 is 0 Å². The van der Waals surface area contributed by atoms with Crippen molar-refractivity contribution in [2.75, 3.05) is 26.9 Å². The Hall–Kier alpha value is -4.27. The van der Waals surface area contributed by atoms with Crippen molar-refractivity contribution in [2.24, 2.45) is 0 Å². The summed E-state index contributed by atoms with van der Waals surface area (Å²) >= 11 is 0. The average molecular weight is 506 g/mol. The normalized spacial score (nSPS) is 16.7. The van der Waals surface area contributed by atoms with E-state index in [2.05, 4.69) is 4.98 Å². The van der Waals surface area contributed by atoms with Crippen LogP contribution >= 0.6 is 0 Å². The Labute approximate surface area is 215 Å². The van der Waals surface area contributed by atoms with Gasteiger partial charge >= 0.3 is 0 Å². The monoisotopic (exact) mass is 505 g/mol. The largest absolute Gasteiger partial charge is 0.507 e. The van der Waals surface area contributed by atoms with Crippen molar-refractivity contribution >= 4 is 17.4 Å². The third-order valence-electron chi connectivity index (χ3n) is 6.16. The van der Waals surface area contributed by atoms with Gasteiger partial charge in [-0.05, 0) is 62.2 Å². The van der Waals surface area contributed by atoms with Gasteiger partial charge in [0.15, 0.2) is 11.5 Å². The van der Waals surface area contributed by atoms with Crippen LogP contribution in [0.2, 0.25) is 0 Å². The Morgan fingerprint density at radius 3 is 2.41 bits per heavy atom. The zero-order valence-electron chi connectivity index (χ0n) is 21.2. The Balaban J connectivity index is 1.75. The van der Waals surface area contributed by atoms with E-state index in [4.69, 9.17) is 14.2 Å². The Morgan fingerprint density at radius 1 is 1.00 bits per heavy atom. The van der Waals surface area contributed by atoms with E-state index in [1.165, 1.54) is 12.0 Å². The smallest absolute Gasteiger partial charge is 0.295 e. The summed E-state index contributed by atoms with van der Waals surface area (Å²) in [5, 5.41) is 11.3. The van der Waals surface area contributed by atoms with Crippen LogP contribution < -0.4 is 14.2 Å². The topological polar surface area (TPSA) is 103 Å². The van der Waals surface area contributed by atoms with Gasteiger partial charge in [-0.15, -0.1) is 0 Å². The van der Waals surface area contributed by atoms with Gasteiger partial charge in [-0.3, -0.25) is 9.59 Å². The maximum absolute atomic E-state index is 13.3. The Bertz CT molecular complexity index is 1270. The van der Waals surface area contributed by atoms with Crippen LogP contribution in [-0.2, 0) is 16.1 Å². The molecule has 9 heteroatoms. The molecule has 9 nitrogen and oxygen atoms in total. The first-order chi connectivity index (χ1) is 18.0. The third-order valence-corrected chi connectivity index (χ3v) is 6.16. The molecule has 0 saturated carbocycles. The van der Waals surface area contributed by atoms with Gasteiger partial charge in [0.2, 0.25) is 0 Å². The number of hydrogen-bond acceptors (Lipinski definition) is 7. The lowest BCUT2D eigenvalue weighted by molar-refractivity contribution is -0.139. The molecular weight excluding hydrogens is 474 g/mol. The van der Waals surface area contributed by atoms with E-state index < -0.39 is 17.7 Å². The number of aliphatic hydroxyl groups excluding tert-OH is 1. The molecular formula is C28H31N3O6. The summed E-state index contributed by atoms with van der Waals surface area (Å²) in [5.74, 6) is 0.0488. The van der Waals surface area contributed by atoms with Crippen LogP contribution in [0.5, 0.6) is 17.2 Å². The first-order valence-electron chi connectivity index (χ1n) is 12.3. The van der Waals surface area contributed by atoms with Gasteiger partial charge in [0, 0.05) is 31.0 Å². The van der Waals surface area contributed by atoms with Gasteiger partial charge in [-0.2, -0.15) is 0 Å². The van der Waals surface area contributed by atoms with Crippen LogP contribution in [0.25, 0.3) is 5.76 Å². The van der Waals surface area contributed by atoms with Crippen LogP contribution in [-0.4, -0.2) is 58.1 Å². The highest BCUT2D eigenvalue weighted by Gasteiger charge is 2.46. The number of imidazole rings is 1. The number of carbonyl (C=O) groups excluding carboxylic acids is 2. The molecule has 1 aromatic heterocycles. The highest BCUT2D eigenvalue weighted by atomic mass is 16.5. The Morgan fingerprint density at radius 2 is 1.76 bits per heavy atom. The van der Waals surface area contributed by atoms with Gasteiger partial charge in [-0.25, -0.2) is 4.98 Å². The number of likely N-dealkylation sites (tertiary alicyclic amines) is 1. The zero-order chi connectivity index (χ0) is 26.4. The lowest BCUT2D eigenvalue weighted by atomic mass is 9.95. The van der Waals surface area contributed by atoms with Crippen molar-refractivity contribution < 1.29 is 28.9 Å². The van der Waals surface area contributed by atoms with Crippen molar-refractivity contribution in [2.45, 2.75) is 32.9 Å². The lowest BCUT2D eigenvalue weighted by Gasteiger charge is -2.26. The number of carbonyl (C=O) groups is 2. The molecule has 0 aliphatic carbocycles. The molecule has 0 unspecified atom stereocenters. The summed E-state index contributed by atoms with van der Waals surface area (Å²) in [6, 6.07) is 11.3. The number of rotatable bonds is 11. The molecule has 3 aromatic rings. The second-order valence-electron chi connectivity index (χ2n) is 8.45. The highest BCUT2D eigenvalue weighted by molar-refractivity contribution is 6.46. The van der Waals surface area contributed by atoms with Crippen LogP contribution in [0.4, 0.5) is 0 Å². The van der Waals surface area contributed by atoms with E-state index in [9.17, 15) is 14.7 Å². The van der Waals surface area contributed by atoms with Gasteiger partial charge in [0.1, 0.15) is 11.5 Å². The molecule has 37 heavy (non-hydrogen) atoms. The molecule has 1 saturated heterocycles. The molecule has 0 radical (unpaired) electrons. The molecule has 1 aliphatic rings. The van der Waals surface area contributed by atoms with E-state index in [0.29, 0.717) is 61.1 Å². The maximum Gasteiger partial charge on any atom is 0.295 e. The number of Topliss-reactive ketones (excluding diaryl/α,β-unsaturated/α-hetero) is 1. The second-order valence-corrected chi connectivity index (χ2v) is 8.45. The van der Waals surface area contributed by atoms with Crippen molar-refractivity contribution in [3.05, 3.63) is 77.9 Å². The van der Waals surface area contributed by atoms with Gasteiger partial charge in [0.25, 0.3) is 11.7 Å². The SMILES string of the molecule is CCOc1ccc(C(O)=C2C(=O)C(=O)N(CCCn3ccnc3)[C@@H]2c2ccc(OCC)c(OC)c2)cc1.